The van der Waals surface area contributed by atoms with Crippen molar-refractivity contribution in [1.29, 1.82) is 0 Å². The first kappa shape index (κ1) is 8.56. The summed E-state index contributed by atoms with van der Waals surface area (Å²) in [7, 11) is 0. The molecule has 3 heteroatoms. The topological polar surface area (TPSA) is 13.1 Å². The van der Waals surface area contributed by atoms with Crippen LogP contribution in [0.15, 0.2) is 27.3 Å². The Hall–Kier alpha value is -0.0300. The summed E-state index contributed by atoms with van der Waals surface area (Å²) >= 11 is 5.76. The summed E-state index contributed by atoms with van der Waals surface area (Å²) in [5.41, 5.74) is 2.14. The van der Waals surface area contributed by atoms with E-state index in [0.717, 1.165) is 10.1 Å². The number of fused-ring (bicyclic) bond motifs is 1. The molecule has 0 bridgehead atoms. The molecule has 0 saturated heterocycles. The molecule has 12 heavy (non-hydrogen) atoms. The monoisotopic (exact) mass is 336 g/mol. The van der Waals surface area contributed by atoms with Crippen molar-refractivity contribution in [2.45, 2.75) is 6.92 Å². The number of rotatable bonds is 0. The SMILES string of the molecule is Cc1coc2cc(I)c(Br)cc12. The summed E-state index contributed by atoms with van der Waals surface area (Å²) in [6, 6.07) is 4.13. The van der Waals surface area contributed by atoms with Gasteiger partial charge in [-0.15, -0.1) is 0 Å². The van der Waals surface area contributed by atoms with E-state index in [0.29, 0.717) is 0 Å². The van der Waals surface area contributed by atoms with Gasteiger partial charge in [-0.25, -0.2) is 0 Å². The number of benzene rings is 1. The largest absolute Gasteiger partial charge is 0.464 e. The van der Waals surface area contributed by atoms with Crippen LogP contribution in [0.5, 0.6) is 0 Å². The van der Waals surface area contributed by atoms with Gasteiger partial charge in [0, 0.05) is 13.4 Å². The maximum atomic E-state index is 5.36. The minimum Gasteiger partial charge on any atom is -0.464 e. The molecule has 0 radical (unpaired) electrons. The van der Waals surface area contributed by atoms with Crippen LogP contribution >= 0.6 is 38.5 Å². The molecule has 0 unspecified atom stereocenters. The number of hydrogen-bond acceptors (Lipinski definition) is 1. The molecule has 0 aliphatic carbocycles. The first-order chi connectivity index (χ1) is 5.68. The van der Waals surface area contributed by atoms with Crippen molar-refractivity contribution in [1.82, 2.24) is 0 Å². The molecule has 0 fully saturated rings. The zero-order valence-electron chi connectivity index (χ0n) is 6.40. The van der Waals surface area contributed by atoms with E-state index >= 15 is 0 Å². The molecule has 0 amide bonds. The molecule has 1 aromatic carbocycles. The molecule has 2 aromatic rings. The van der Waals surface area contributed by atoms with E-state index in [2.05, 4.69) is 44.6 Å². The van der Waals surface area contributed by atoms with Crippen molar-refractivity contribution >= 4 is 49.5 Å². The van der Waals surface area contributed by atoms with Gasteiger partial charge in [-0.2, -0.15) is 0 Å². The minimum atomic E-state index is 0.958. The Morgan fingerprint density at radius 3 is 2.92 bits per heavy atom. The second kappa shape index (κ2) is 3.03. The number of aryl methyl sites for hydroxylation is 1. The van der Waals surface area contributed by atoms with Crippen LogP contribution in [0, 0.1) is 10.5 Å². The highest BCUT2D eigenvalue weighted by atomic mass is 127. The van der Waals surface area contributed by atoms with Crippen molar-refractivity contribution in [3.8, 4) is 0 Å². The van der Waals surface area contributed by atoms with Gasteiger partial charge in [0.1, 0.15) is 5.58 Å². The number of hydrogen-bond donors (Lipinski definition) is 0. The normalized spacial score (nSPS) is 10.9. The Balaban J connectivity index is 2.87. The van der Waals surface area contributed by atoms with Crippen LogP contribution in [0.2, 0.25) is 0 Å². The number of furan rings is 1. The lowest BCUT2D eigenvalue weighted by Gasteiger charge is -1.95. The third-order valence-corrected chi connectivity index (χ3v) is 4.10. The van der Waals surface area contributed by atoms with Crippen molar-refractivity contribution in [2.75, 3.05) is 0 Å². The molecule has 0 aliphatic rings. The Morgan fingerprint density at radius 1 is 1.42 bits per heavy atom. The molecular formula is C9H6BrIO. The minimum absolute atomic E-state index is 0.958. The summed E-state index contributed by atoms with van der Waals surface area (Å²) in [4.78, 5) is 0. The van der Waals surface area contributed by atoms with Crippen LogP contribution in [0.1, 0.15) is 5.56 Å². The van der Waals surface area contributed by atoms with E-state index in [1.807, 2.05) is 13.0 Å². The average Bonchev–Trinajstić information content (AvgIpc) is 2.35. The van der Waals surface area contributed by atoms with E-state index < -0.39 is 0 Å². The van der Waals surface area contributed by atoms with Crippen molar-refractivity contribution in [2.24, 2.45) is 0 Å². The fourth-order valence-corrected chi connectivity index (χ4v) is 1.93. The van der Waals surface area contributed by atoms with Crippen LogP contribution in [0.3, 0.4) is 0 Å². The van der Waals surface area contributed by atoms with Crippen LogP contribution < -0.4 is 0 Å². The molecule has 62 valence electrons. The molecule has 0 N–H and O–H groups in total. The Labute approximate surface area is 92.4 Å². The molecule has 0 saturated carbocycles. The van der Waals surface area contributed by atoms with Gasteiger partial charge in [0.25, 0.3) is 0 Å². The zero-order chi connectivity index (χ0) is 8.72. The molecular weight excluding hydrogens is 331 g/mol. The fraction of sp³-hybridized carbons (Fsp3) is 0.111. The summed E-state index contributed by atoms with van der Waals surface area (Å²) in [5.74, 6) is 0. The van der Waals surface area contributed by atoms with Crippen LogP contribution in [-0.4, -0.2) is 0 Å². The lowest BCUT2D eigenvalue weighted by Crippen LogP contribution is -1.74. The van der Waals surface area contributed by atoms with Gasteiger partial charge in [-0.1, -0.05) is 0 Å². The average molecular weight is 337 g/mol. The Kier molecular flexibility index (Phi) is 2.16. The highest BCUT2D eigenvalue weighted by molar-refractivity contribution is 14.1. The maximum Gasteiger partial charge on any atom is 0.135 e. The quantitative estimate of drug-likeness (QED) is 0.660. The molecule has 0 aliphatic heterocycles. The first-order valence-electron chi connectivity index (χ1n) is 3.51. The zero-order valence-corrected chi connectivity index (χ0v) is 10.1. The van der Waals surface area contributed by atoms with Gasteiger partial charge in [-0.3, -0.25) is 0 Å². The maximum absolute atomic E-state index is 5.36. The summed E-state index contributed by atoms with van der Waals surface area (Å²) < 4.78 is 7.66. The lowest BCUT2D eigenvalue weighted by molar-refractivity contribution is 0.613. The van der Waals surface area contributed by atoms with Crippen molar-refractivity contribution in [3.05, 3.63) is 32.0 Å². The van der Waals surface area contributed by atoms with Gasteiger partial charge in [0.05, 0.1) is 6.26 Å². The molecule has 1 heterocycles. The second-order valence-electron chi connectivity index (χ2n) is 2.68. The second-order valence-corrected chi connectivity index (χ2v) is 4.70. The predicted molar refractivity (Wildman–Crippen MR) is 61.4 cm³/mol. The van der Waals surface area contributed by atoms with E-state index in [-0.39, 0.29) is 0 Å². The molecule has 1 nitrogen and oxygen atoms in total. The van der Waals surface area contributed by atoms with E-state index in [4.69, 9.17) is 4.42 Å². The highest BCUT2D eigenvalue weighted by Gasteiger charge is 2.04. The van der Waals surface area contributed by atoms with Gasteiger partial charge < -0.3 is 4.42 Å². The molecule has 1 aromatic heterocycles. The van der Waals surface area contributed by atoms with Gasteiger partial charge in [0.15, 0.2) is 0 Å². The summed E-state index contributed by atoms with van der Waals surface area (Å²) in [6.07, 6.45) is 1.78. The lowest BCUT2D eigenvalue weighted by atomic mass is 10.2. The van der Waals surface area contributed by atoms with E-state index in [9.17, 15) is 0 Å². The fourth-order valence-electron chi connectivity index (χ4n) is 1.15. The third-order valence-electron chi connectivity index (χ3n) is 1.81. The Morgan fingerprint density at radius 2 is 2.17 bits per heavy atom. The van der Waals surface area contributed by atoms with Crippen molar-refractivity contribution in [3.63, 3.8) is 0 Å². The van der Waals surface area contributed by atoms with Crippen LogP contribution in [0.25, 0.3) is 11.0 Å². The van der Waals surface area contributed by atoms with Gasteiger partial charge in [-0.05, 0) is 63.1 Å². The number of halogens is 2. The molecule has 2 rings (SSSR count). The van der Waals surface area contributed by atoms with Gasteiger partial charge in [0.2, 0.25) is 0 Å². The summed E-state index contributed by atoms with van der Waals surface area (Å²) in [6.45, 7) is 2.05. The first-order valence-corrected chi connectivity index (χ1v) is 5.38. The van der Waals surface area contributed by atoms with Gasteiger partial charge >= 0.3 is 0 Å². The standard InChI is InChI=1S/C9H6BrIO/c1-5-4-12-9-3-8(11)7(10)2-6(5)9/h2-4H,1H3. The smallest absolute Gasteiger partial charge is 0.135 e. The van der Waals surface area contributed by atoms with E-state index in [1.54, 1.807) is 6.26 Å². The molecule has 0 spiro atoms. The highest BCUT2D eigenvalue weighted by Crippen LogP contribution is 2.28. The predicted octanol–water partition coefficient (Wildman–Crippen LogP) is 4.11. The third kappa shape index (κ3) is 1.29. The van der Waals surface area contributed by atoms with Crippen LogP contribution in [0.4, 0.5) is 0 Å². The van der Waals surface area contributed by atoms with Crippen LogP contribution in [-0.2, 0) is 0 Å². The molecule has 0 atom stereocenters. The Bertz CT molecular complexity index is 433. The van der Waals surface area contributed by atoms with E-state index in [1.165, 1.54) is 14.5 Å². The summed E-state index contributed by atoms with van der Waals surface area (Å²) in [5, 5.41) is 1.18. The van der Waals surface area contributed by atoms with Crippen molar-refractivity contribution < 1.29 is 4.42 Å².